The molecule has 0 aliphatic heterocycles. The molecule has 6 heteroatoms. The number of nitrogens with two attached hydrogens (primary N) is 1. The highest BCUT2D eigenvalue weighted by atomic mass is 32.1. The summed E-state index contributed by atoms with van der Waals surface area (Å²) in [7, 11) is 1.35. The molecule has 1 heterocycles. The standard InChI is InChI=1S/C13H19N3O2S/c1-9(2)16(8-12(14)19)7-11-5-4-10(6-15-11)13(17)18-3/h4-6,9H,7-8H2,1-3H3,(H2,14,19). The van der Waals surface area contributed by atoms with E-state index in [0.29, 0.717) is 29.7 Å². The van der Waals surface area contributed by atoms with Crippen LogP contribution in [-0.2, 0) is 11.3 Å². The van der Waals surface area contributed by atoms with E-state index >= 15 is 0 Å². The highest BCUT2D eigenvalue weighted by Gasteiger charge is 2.12. The lowest BCUT2D eigenvalue weighted by molar-refractivity contribution is 0.0600. The van der Waals surface area contributed by atoms with E-state index in [1.807, 2.05) is 0 Å². The van der Waals surface area contributed by atoms with Crippen LogP contribution in [0.25, 0.3) is 0 Å². The van der Waals surface area contributed by atoms with Gasteiger partial charge < -0.3 is 10.5 Å². The summed E-state index contributed by atoms with van der Waals surface area (Å²) < 4.78 is 4.63. The van der Waals surface area contributed by atoms with Crippen LogP contribution in [0.3, 0.4) is 0 Å². The summed E-state index contributed by atoms with van der Waals surface area (Å²) >= 11 is 4.93. The van der Waals surface area contributed by atoms with Crippen LogP contribution in [0.15, 0.2) is 18.3 Å². The SMILES string of the molecule is COC(=O)c1ccc(CN(CC(N)=S)C(C)C)nc1. The Morgan fingerprint density at radius 3 is 2.63 bits per heavy atom. The molecule has 0 saturated carbocycles. The Morgan fingerprint density at radius 1 is 1.53 bits per heavy atom. The van der Waals surface area contributed by atoms with E-state index in [-0.39, 0.29) is 5.97 Å². The van der Waals surface area contributed by atoms with Gasteiger partial charge in [-0.15, -0.1) is 0 Å². The Labute approximate surface area is 118 Å². The predicted molar refractivity (Wildman–Crippen MR) is 77.9 cm³/mol. The molecule has 104 valence electrons. The van der Waals surface area contributed by atoms with Crippen LogP contribution in [-0.4, -0.2) is 40.5 Å². The number of carbonyl (C=O) groups is 1. The van der Waals surface area contributed by atoms with Gasteiger partial charge in [0.1, 0.15) is 0 Å². The van der Waals surface area contributed by atoms with Crippen molar-refractivity contribution in [2.24, 2.45) is 5.73 Å². The molecular weight excluding hydrogens is 262 g/mol. The number of nitrogens with zero attached hydrogens (tertiary/aromatic N) is 2. The van der Waals surface area contributed by atoms with Gasteiger partial charge in [0.05, 0.1) is 23.4 Å². The molecule has 1 rings (SSSR count). The van der Waals surface area contributed by atoms with Crippen LogP contribution < -0.4 is 5.73 Å². The molecule has 0 atom stereocenters. The first-order valence-electron chi connectivity index (χ1n) is 5.99. The second-order valence-electron chi connectivity index (χ2n) is 4.49. The van der Waals surface area contributed by atoms with Gasteiger partial charge in [0, 0.05) is 25.3 Å². The molecule has 0 bridgehead atoms. The van der Waals surface area contributed by atoms with Gasteiger partial charge in [0.15, 0.2) is 0 Å². The van der Waals surface area contributed by atoms with Crippen LogP contribution in [0.4, 0.5) is 0 Å². The number of thiocarbonyl (C=S) groups is 1. The fraction of sp³-hybridized carbons (Fsp3) is 0.462. The highest BCUT2D eigenvalue weighted by molar-refractivity contribution is 7.80. The average molecular weight is 281 g/mol. The molecule has 0 fully saturated rings. The average Bonchev–Trinajstić information content (AvgIpc) is 2.37. The largest absolute Gasteiger partial charge is 0.465 e. The first-order chi connectivity index (χ1) is 8.93. The maximum Gasteiger partial charge on any atom is 0.339 e. The molecule has 0 aliphatic rings. The minimum Gasteiger partial charge on any atom is -0.465 e. The second kappa shape index (κ2) is 7.16. The molecule has 19 heavy (non-hydrogen) atoms. The van der Waals surface area contributed by atoms with Gasteiger partial charge in [0.25, 0.3) is 0 Å². The van der Waals surface area contributed by atoms with Gasteiger partial charge in [-0.1, -0.05) is 12.2 Å². The van der Waals surface area contributed by atoms with Crippen molar-refractivity contribution >= 4 is 23.2 Å². The molecule has 0 amide bonds. The van der Waals surface area contributed by atoms with E-state index in [4.69, 9.17) is 18.0 Å². The van der Waals surface area contributed by atoms with E-state index in [1.54, 1.807) is 12.1 Å². The highest BCUT2D eigenvalue weighted by Crippen LogP contribution is 2.08. The maximum absolute atomic E-state index is 11.3. The second-order valence-corrected chi connectivity index (χ2v) is 5.02. The zero-order valence-electron chi connectivity index (χ0n) is 11.4. The van der Waals surface area contributed by atoms with E-state index in [2.05, 4.69) is 28.5 Å². The molecule has 2 N–H and O–H groups in total. The number of hydrogen-bond donors (Lipinski definition) is 1. The third-order valence-corrected chi connectivity index (χ3v) is 2.83. The van der Waals surface area contributed by atoms with Gasteiger partial charge in [-0.3, -0.25) is 9.88 Å². The van der Waals surface area contributed by atoms with Crippen molar-refractivity contribution in [1.29, 1.82) is 0 Å². The Hall–Kier alpha value is -1.53. The minimum absolute atomic E-state index is 0.309. The molecule has 0 aromatic carbocycles. The fourth-order valence-electron chi connectivity index (χ4n) is 1.59. The van der Waals surface area contributed by atoms with E-state index < -0.39 is 0 Å². The lowest BCUT2D eigenvalue weighted by Crippen LogP contribution is -2.37. The van der Waals surface area contributed by atoms with Gasteiger partial charge in [-0.2, -0.15) is 0 Å². The van der Waals surface area contributed by atoms with Gasteiger partial charge in [-0.05, 0) is 26.0 Å². The van der Waals surface area contributed by atoms with E-state index in [1.165, 1.54) is 13.3 Å². The zero-order valence-corrected chi connectivity index (χ0v) is 12.2. The smallest absolute Gasteiger partial charge is 0.339 e. The Kier molecular flexibility index (Phi) is 5.85. The summed E-state index contributed by atoms with van der Waals surface area (Å²) in [5.41, 5.74) is 6.88. The van der Waals surface area contributed by atoms with Gasteiger partial charge in [-0.25, -0.2) is 4.79 Å². The molecule has 5 nitrogen and oxygen atoms in total. The maximum atomic E-state index is 11.3. The van der Waals surface area contributed by atoms with Crippen molar-refractivity contribution < 1.29 is 9.53 Å². The van der Waals surface area contributed by atoms with E-state index in [9.17, 15) is 4.79 Å². The normalized spacial score (nSPS) is 10.8. The summed E-state index contributed by atoms with van der Waals surface area (Å²) in [6.07, 6.45) is 1.51. The van der Waals surface area contributed by atoms with Crippen molar-refractivity contribution in [2.75, 3.05) is 13.7 Å². The third kappa shape index (κ3) is 4.92. The van der Waals surface area contributed by atoms with Crippen LogP contribution in [0, 0.1) is 0 Å². The van der Waals surface area contributed by atoms with Crippen molar-refractivity contribution in [2.45, 2.75) is 26.4 Å². The molecule has 1 aromatic heterocycles. The number of carbonyl (C=O) groups excluding carboxylic acids is 1. The van der Waals surface area contributed by atoms with Gasteiger partial charge >= 0.3 is 5.97 Å². The zero-order chi connectivity index (χ0) is 14.4. The molecular formula is C13H19N3O2S. The number of esters is 1. The van der Waals surface area contributed by atoms with Crippen LogP contribution in [0.5, 0.6) is 0 Å². The quantitative estimate of drug-likeness (QED) is 0.627. The van der Waals surface area contributed by atoms with Crippen LogP contribution in [0.1, 0.15) is 29.9 Å². The van der Waals surface area contributed by atoms with Crippen molar-refractivity contribution in [3.8, 4) is 0 Å². The van der Waals surface area contributed by atoms with Crippen molar-refractivity contribution in [3.63, 3.8) is 0 Å². The number of hydrogen-bond acceptors (Lipinski definition) is 5. The number of pyridine rings is 1. The van der Waals surface area contributed by atoms with Crippen molar-refractivity contribution in [1.82, 2.24) is 9.88 Å². The third-order valence-electron chi connectivity index (χ3n) is 2.70. The van der Waals surface area contributed by atoms with Crippen LogP contribution >= 0.6 is 12.2 Å². The molecule has 1 aromatic rings. The van der Waals surface area contributed by atoms with Crippen molar-refractivity contribution in [3.05, 3.63) is 29.6 Å². The summed E-state index contributed by atoms with van der Waals surface area (Å²) in [5, 5.41) is 0. The first-order valence-corrected chi connectivity index (χ1v) is 6.40. The summed E-state index contributed by atoms with van der Waals surface area (Å²) in [6.45, 7) is 5.33. The lowest BCUT2D eigenvalue weighted by atomic mass is 10.2. The predicted octanol–water partition coefficient (Wildman–Crippen LogP) is 1.36. The molecule has 0 aliphatic carbocycles. The summed E-state index contributed by atoms with van der Waals surface area (Å²) in [4.78, 5) is 18.1. The van der Waals surface area contributed by atoms with E-state index in [0.717, 1.165) is 5.69 Å². The minimum atomic E-state index is -0.386. The monoisotopic (exact) mass is 281 g/mol. The number of ether oxygens (including phenoxy) is 1. The molecule has 0 radical (unpaired) electrons. The van der Waals surface area contributed by atoms with Gasteiger partial charge in [0.2, 0.25) is 0 Å². The number of aromatic nitrogens is 1. The number of methoxy groups -OCH3 is 1. The number of rotatable bonds is 6. The Balaban J connectivity index is 2.74. The fourth-order valence-corrected chi connectivity index (χ4v) is 1.75. The summed E-state index contributed by atoms with van der Waals surface area (Å²) in [5.74, 6) is -0.386. The topological polar surface area (TPSA) is 68.5 Å². The first kappa shape index (κ1) is 15.5. The Morgan fingerprint density at radius 2 is 2.21 bits per heavy atom. The molecule has 0 unspecified atom stereocenters. The Bertz CT molecular complexity index is 446. The molecule has 0 saturated heterocycles. The molecule has 0 spiro atoms. The van der Waals surface area contributed by atoms with Crippen LogP contribution in [0.2, 0.25) is 0 Å². The lowest BCUT2D eigenvalue weighted by Gasteiger charge is -2.25. The summed E-state index contributed by atoms with van der Waals surface area (Å²) in [6, 6.07) is 3.82.